The van der Waals surface area contributed by atoms with E-state index in [1.165, 1.54) is 12.4 Å². The number of nitrogen functional groups attached to an aromatic ring is 1. The smallest absolute Gasteiger partial charge is 0.273 e. The number of morpholine rings is 1. The van der Waals surface area contributed by atoms with Crippen LogP contribution in [0.4, 0.5) is 5.82 Å². The lowest BCUT2D eigenvalue weighted by Gasteiger charge is -2.38. The van der Waals surface area contributed by atoms with Gasteiger partial charge < -0.3 is 15.8 Å². The Morgan fingerprint density at radius 3 is 2.57 bits per heavy atom. The van der Waals surface area contributed by atoms with E-state index in [4.69, 9.17) is 10.5 Å². The maximum Gasteiger partial charge on any atom is 0.273 e. The van der Waals surface area contributed by atoms with Gasteiger partial charge in [0.05, 0.1) is 13.2 Å². The maximum atomic E-state index is 12.3. The summed E-state index contributed by atoms with van der Waals surface area (Å²) >= 11 is 0. The highest BCUT2D eigenvalue weighted by Gasteiger charge is 2.27. The molecule has 1 saturated heterocycles. The van der Waals surface area contributed by atoms with E-state index in [0.717, 1.165) is 39.1 Å². The summed E-state index contributed by atoms with van der Waals surface area (Å²) in [5.41, 5.74) is 5.91. The van der Waals surface area contributed by atoms with E-state index in [-0.39, 0.29) is 17.4 Å². The summed E-state index contributed by atoms with van der Waals surface area (Å²) in [6.07, 6.45) is 5.13. The summed E-state index contributed by atoms with van der Waals surface area (Å²) in [5.74, 6) is 0.433. The first-order valence-electron chi connectivity index (χ1n) is 8.33. The second-order valence-electron chi connectivity index (χ2n) is 5.79. The van der Waals surface area contributed by atoms with E-state index in [0.29, 0.717) is 18.5 Å². The van der Waals surface area contributed by atoms with Crippen LogP contribution in [0.5, 0.6) is 0 Å². The summed E-state index contributed by atoms with van der Waals surface area (Å²) in [5, 5.41) is 2.98. The lowest BCUT2D eigenvalue weighted by Crippen LogP contribution is -2.52. The molecule has 1 aromatic rings. The fourth-order valence-corrected chi connectivity index (χ4v) is 3.14. The van der Waals surface area contributed by atoms with Crippen molar-refractivity contribution < 1.29 is 9.53 Å². The van der Waals surface area contributed by atoms with Crippen molar-refractivity contribution in [1.82, 2.24) is 20.2 Å². The molecule has 0 bridgehead atoms. The molecule has 7 nitrogen and oxygen atoms in total. The third kappa shape index (κ3) is 4.62. The van der Waals surface area contributed by atoms with Crippen LogP contribution in [0.2, 0.25) is 0 Å². The van der Waals surface area contributed by atoms with E-state index in [1.807, 2.05) is 0 Å². The van der Waals surface area contributed by atoms with Crippen molar-refractivity contribution in [2.45, 2.75) is 32.7 Å². The van der Waals surface area contributed by atoms with Gasteiger partial charge in [-0.05, 0) is 5.92 Å². The van der Waals surface area contributed by atoms with E-state index in [2.05, 4.69) is 34.0 Å². The number of amides is 1. The number of anilines is 1. The van der Waals surface area contributed by atoms with Gasteiger partial charge in [-0.3, -0.25) is 9.69 Å². The largest absolute Gasteiger partial charge is 0.382 e. The van der Waals surface area contributed by atoms with Crippen LogP contribution in [0, 0.1) is 5.92 Å². The Labute approximate surface area is 137 Å². The molecule has 0 aliphatic carbocycles. The van der Waals surface area contributed by atoms with Gasteiger partial charge >= 0.3 is 0 Å². The SMILES string of the molecule is CCC(CC)[C@H](CNC(=O)c1nccnc1N)N1CCOCC1. The summed E-state index contributed by atoms with van der Waals surface area (Å²) in [7, 11) is 0. The maximum absolute atomic E-state index is 12.3. The van der Waals surface area contributed by atoms with Crippen LogP contribution in [-0.4, -0.2) is 59.7 Å². The van der Waals surface area contributed by atoms with Gasteiger partial charge in [-0.1, -0.05) is 26.7 Å². The third-order valence-corrected chi connectivity index (χ3v) is 4.52. The normalized spacial score (nSPS) is 17.2. The van der Waals surface area contributed by atoms with Crippen molar-refractivity contribution in [3.8, 4) is 0 Å². The molecule has 23 heavy (non-hydrogen) atoms. The number of hydrogen-bond acceptors (Lipinski definition) is 6. The zero-order chi connectivity index (χ0) is 16.7. The average Bonchev–Trinajstić information content (AvgIpc) is 2.59. The quantitative estimate of drug-likeness (QED) is 0.776. The van der Waals surface area contributed by atoms with E-state index in [9.17, 15) is 4.79 Å². The molecule has 2 heterocycles. The third-order valence-electron chi connectivity index (χ3n) is 4.52. The van der Waals surface area contributed by atoms with Gasteiger partial charge in [0.15, 0.2) is 11.5 Å². The van der Waals surface area contributed by atoms with E-state index in [1.54, 1.807) is 0 Å². The highest BCUT2D eigenvalue weighted by atomic mass is 16.5. The van der Waals surface area contributed by atoms with Gasteiger partial charge in [0.2, 0.25) is 0 Å². The first-order valence-corrected chi connectivity index (χ1v) is 8.33. The van der Waals surface area contributed by atoms with E-state index < -0.39 is 0 Å². The summed E-state index contributed by atoms with van der Waals surface area (Å²) in [6, 6.07) is 0.302. The van der Waals surface area contributed by atoms with Crippen molar-refractivity contribution in [3.05, 3.63) is 18.1 Å². The minimum atomic E-state index is -0.264. The lowest BCUT2D eigenvalue weighted by atomic mass is 9.92. The van der Waals surface area contributed by atoms with Crippen LogP contribution >= 0.6 is 0 Å². The van der Waals surface area contributed by atoms with Crippen molar-refractivity contribution >= 4 is 11.7 Å². The van der Waals surface area contributed by atoms with Gasteiger partial charge in [-0.15, -0.1) is 0 Å². The molecule has 1 aliphatic heterocycles. The molecule has 7 heteroatoms. The molecule has 1 aromatic heterocycles. The Kier molecular flexibility index (Phi) is 6.73. The standard InChI is InChI=1S/C16H27N5O2/c1-3-12(4-2)13(21-7-9-23-10-8-21)11-20-16(22)14-15(17)19-6-5-18-14/h5-6,12-13H,3-4,7-11H2,1-2H3,(H2,17,19)(H,20,22)/t13-/m0/s1. The van der Waals surface area contributed by atoms with Gasteiger partial charge in [-0.25, -0.2) is 9.97 Å². The highest BCUT2D eigenvalue weighted by molar-refractivity contribution is 5.96. The van der Waals surface area contributed by atoms with Crippen LogP contribution in [0.15, 0.2) is 12.4 Å². The fourth-order valence-electron chi connectivity index (χ4n) is 3.14. The number of aromatic nitrogens is 2. The molecule has 2 rings (SSSR count). The zero-order valence-electron chi connectivity index (χ0n) is 14.0. The first-order chi connectivity index (χ1) is 11.2. The minimum Gasteiger partial charge on any atom is -0.382 e. The van der Waals surface area contributed by atoms with Gasteiger partial charge in [0.1, 0.15) is 0 Å². The molecule has 1 amide bonds. The Hall–Kier alpha value is -1.73. The van der Waals surface area contributed by atoms with Crippen molar-refractivity contribution in [2.24, 2.45) is 5.92 Å². The lowest BCUT2D eigenvalue weighted by molar-refractivity contribution is 0.00190. The number of ether oxygens (including phenoxy) is 1. The number of carbonyl (C=O) groups excluding carboxylic acids is 1. The number of nitrogens with zero attached hydrogens (tertiary/aromatic N) is 3. The van der Waals surface area contributed by atoms with Crippen LogP contribution in [-0.2, 0) is 4.74 Å². The van der Waals surface area contributed by atoms with Crippen molar-refractivity contribution in [3.63, 3.8) is 0 Å². The Bertz CT molecular complexity index is 501. The number of carbonyl (C=O) groups is 1. The van der Waals surface area contributed by atoms with Crippen LogP contribution in [0.25, 0.3) is 0 Å². The first kappa shape index (κ1) is 17.6. The average molecular weight is 321 g/mol. The Morgan fingerprint density at radius 1 is 1.30 bits per heavy atom. The van der Waals surface area contributed by atoms with E-state index >= 15 is 0 Å². The molecular formula is C16H27N5O2. The predicted molar refractivity (Wildman–Crippen MR) is 89.0 cm³/mol. The molecule has 128 valence electrons. The molecule has 1 atom stereocenters. The molecule has 0 radical (unpaired) electrons. The van der Waals surface area contributed by atoms with Crippen LogP contribution in [0.3, 0.4) is 0 Å². The summed E-state index contributed by atoms with van der Waals surface area (Å²) in [4.78, 5) is 22.7. The zero-order valence-corrected chi connectivity index (χ0v) is 14.0. The van der Waals surface area contributed by atoms with Gasteiger partial charge in [-0.2, -0.15) is 0 Å². The molecule has 0 aromatic carbocycles. The number of hydrogen-bond donors (Lipinski definition) is 2. The van der Waals surface area contributed by atoms with Gasteiger partial charge in [0.25, 0.3) is 5.91 Å². The molecule has 1 aliphatic rings. The second kappa shape index (κ2) is 8.79. The highest BCUT2D eigenvalue weighted by Crippen LogP contribution is 2.19. The minimum absolute atomic E-state index is 0.162. The number of nitrogens with two attached hydrogens (primary N) is 1. The number of rotatable bonds is 7. The van der Waals surface area contributed by atoms with Crippen LogP contribution < -0.4 is 11.1 Å². The van der Waals surface area contributed by atoms with Crippen LogP contribution in [0.1, 0.15) is 37.2 Å². The summed E-state index contributed by atoms with van der Waals surface area (Å²) in [6.45, 7) is 8.30. The molecule has 0 saturated carbocycles. The van der Waals surface area contributed by atoms with Crippen molar-refractivity contribution in [2.75, 3.05) is 38.6 Å². The van der Waals surface area contributed by atoms with Crippen molar-refractivity contribution in [1.29, 1.82) is 0 Å². The second-order valence-corrected chi connectivity index (χ2v) is 5.79. The Balaban J connectivity index is 2.02. The predicted octanol–water partition coefficient (Wildman–Crippen LogP) is 0.926. The molecule has 3 N–H and O–H groups in total. The fraction of sp³-hybridized carbons (Fsp3) is 0.688. The van der Waals surface area contributed by atoms with Gasteiger partial charge in [0, 0.05) is 38.1 Å². The monoisotopic (exact) mass is 321 g/mol. The Morgan fingerprint density at radius 2 is 1.96 bits per heavy atom. The number of nitrogens with one attached hydrogen (secondary N) is 1. The molecule has 0 unspecified atom stereocenters. The molecular weight excluding hydrogens is 294 g/mol. The topological polar surface area (TPSA) is 93.4 Å². The molecule has 0 spiro atoms. The summed E-state index contributed by atoms with van der Waals surface area (Å²) < 4.78 is 5.44. The molecule has 1 fully saturated rings.